The van der Waals surface area contributed by atoms with Crippen LogP contribution in [0.4, 0.5) is 0 Å². The molecule has 5 nitrogen and oxygen atoms in total. The van der Waals surface area contributed by atoms with Crippen molar-refractivity contribution in [2.75, 3.05) is 0 Å². The third kappa shape index (κ3) is 2.10. The molecule has 2 atom stereocenters. The van der Waals surface area contributed by atoms with Crippen LogP contribution < -0.4 is 11.1 Å². The topological polar surface area (TPSA) is 87.7 Å². The number of nitrogens with two attached hydrogens (primary N) is 1. The molecule has 0 bridgehead atoms. The lowest BCUT2D eigenvalue weighted by molar-refractivity contribution is -0.131. The molecule has 0 aromatic carbocycles. The number of carbonyl (C=O) groups is 1. The predicted octanol–water partition coefficient (Wildman–Crippen LogP) is 1.21. The number of hydrogen-bond donors (Lipinski definition) is 3. The maximum atomic E-state index is 12.2. The molecule has 2 aliphatic rings. The Kier molecular flexibility index (Phi) is 3.26. The lowest BCUT2D eigenvalue weighted by Crippen LogP contribution is -2.55. The third-order valence-electron chi connectivity index (χ3n) is 4.27. The van der Waals surface area contributed by atoms with E-state index in [2.05, 4.69) is 17.4 Å². The van der Waals surface area contributed by atoms with Crippen LogP contribution >= 0.6 is 0 Å². The molecular formula is C12H21N3O2. The monoisotopic (exact) mass is 239 g/mol. The molecule has 0 heterocycles. The van der Waals surface area contributed by atoms with Crippen LogP contribution in [-0.2, 0) is 4.79 Å². The zero-order valence-electron chi connectivity index (χ0n) is 10.3. The SMILES string of the molecule is CC1CCC(NC(=O)C2(C(N)=NO)CCC2)C1. The van der Waals surface area contributed by atoms with Gasteiger partial charge in [0.1, 0.15) is 5.41 Å². The molecule has 0 aliphatic heterocycles. The Balaban J connectivity index is 1.99. The lowest BCUT2D eigenvalue weighted by Gasteiger charge is -2.39. The predicted molar refractivity (Wildman–Crippen MR) is 64.6 cm³/mol. The zero-order chi connectivity index (χ0) is 12.5. The van der Waals surface area contributed by atoms with Gasteiger partial charge in [-0.3, -0.25) is 4.79 Å². The first kappa shape index (κ1) is 12.2. The van der Waals surface area contributed by atoms with Gasteiger partial charge in [0, 0.05) is 6.04 Å². The van der Waals surface area contributed by atoms with Gasteiger partial charge in [-0.1, -0.05) is 18.5 Å². The Morgan fingerprint density at radius 3 is 2.59 bits per heavy atom. The molecule has 5 heteroatoms. The molecule has 2 unspecified atom stereocenters. The molecule has 0 aromatic heterocycles. The number of amides is 1. The average molecular weight is 239 g/mol. The van der Waals surface area contributed by atoms with E-state index in [1.165, 1.54) is 6.42 Å². The van der Waals surface area contributed by atoms with Gasteiger partial charge in [-0.05, 0) is 38.0 Å². The highest BCUT2D eigenvalue weighted by Crippen LogP contribution is 2.41. The van der Waals surface area contributed by atoms with Crippen molar-refractivity contribution in [3.8, 4) is 0 Å². The maximum absolute atomic E-state index is 12.2. The summed E-state index contributed by atoms with van der Waals surface area (Å²) in [5.41, 5.74) is 4.92. The van der Waals surface area contributed by atoms with Crippen molar-refractivity contribution < 1.29 is 10.0 Å². The first-order valence-corrected chi connectivity index (χ1v) is 6.37. The molecule has 2 aliphatic carbocycles. The van der Waals surface area contributed by atoms with Gasteiger partial charge in [-0.2, -0.15) is 0 Å². The summed E-state index contributed by atoms with van der Waals surface area (Å²) in [5, 5.41) is 14.9. The Morgan fingerprint density at radius 2 is 2.18 bits per heavy atom. The van der Waals surface area contributed by atoms with E-state index in [0.717, 1.165) is 19.3 Å². The Hall–Kier alpha value is -1.26. The van der Waals surface area contributed by atoms with E-state index < -0.39 is 5.41 Å². The van der Waals surface area contributed by atoms with E-state index in [4.69, 9.17) is 10.9 Å². The van der Waals surface area contributed by atoms with E-state index in [9.17, 15) is 4.79 Å². The van der Waals surface area contributed by atoms with Crippen LogP contribution in [-0.4, -0.2) is 23.0 Å². The molecule has 96 valence electrons. The van der Waals surface area contributed by atoms with Crippen molar-refractivity contribution in [1.29, 1.82) is 0 Å². The highest BCUT2D eigenvalue weighted by atomic mass is 16.4. The molecule has 0 saturated heterocycles. The van der Waals surface area contributed by atoms with Crippen LogP contribution in [0.15, 0.2) is 5.16 Å². The molecule has 0 spiro atoms. The van der Waals surface area contributed by atoms with Crippen LogP contribution in [0.25, 0.3) is 0 Å². The molecule has 2 rings (SSSR count). The first-order chi connectivity index (χ1) is 8.08. The fourth-order valence-corrected chi connectivity index (χ4v) is 2.89. The summed E-state index contributed by atoms with van der Waals surface area (Å²) in [6.07, 6.45) is 5.59. The van der Waals surface area contributed by atoms with E-state index in [1.54, 1.807) is 0 Å². The summed E-state index contributed by atoms with van der Waals surface area (Å²) >= 11 is 0. The minimum atomic E-state index is -0.736. The van der Waals surface area contributed by atoms with Gasteiger partial charge in [0.15, 0.2) is 5.84 Å². The van der Waals surface area contributed by atoms with E-state index in [-0.39, 0.29) is 17.8 Å². The summed E-state index contributed by atoms with van der Waals surface area (Å²) in [6, 6.07) is 0.265. The van der Waals surface area contributed by atoms with Crippen molar-refractivity contribution in [2.24, 2.45) is 22.2 Å². The highest BCUT2D eigenvalue weighted by Gasteiger charge is 2.49. The van der Waals surface area contributed by atoms with Gasteiger partial charge in [0.05, 0.1) is 0 Å². The van der Waals surface area contributed by atoms with E-state index in [0.29, 0.717) is 18.8 Å². The van der Waals surface area contributed by atoms with Crippen LogP contribution in [0.2, 0.25) is 0 Å². The lowest BCUT2D eigenvalue weighted by atomic mass is 9.67. The minimum Gasteiger partial charge on any atom is -0.409 e. The Bertz CT molecular complexity index is 337. The third-order valence-corrected chi connectivity index (χ3v) is 4.27. The Morgan fingerprint density at radius 1 is 1.47 bits per heavy atom. The van der Waals surface area contributed by atoms with Crippen molar-refractivity contribution in [1.82, 2.24) is 5.32 Å². The largest absolute Gasteiger partial charge is 0.409 e. The van der Waals surface area contributed by atoms with Crippen molar-refractivity contribution in [3.05, 3.63) is 0 Å². The maximum Gasteiger partial charge on any atom is 0.234 e. The summed E-state index contributed by atoms with van der Waals surface area (Å²) in [5.74, 6) is 0.687. The number of oxime groups is 1. The fraction of sp³-hybridized carbons (Fsp3) is 0.833. The minimum absolute atomic E-state index is 0.0573. The molecule has 2 saturated carbocycles. The van der Waals surface area contributed by atoms with Crippen LogP contribution in [0, 0.1) is 11.3 Å². The summed E-state index contributed by atoms with van der Waals surface area (Å²) in [6.45, 7) is 2.20. The van der Waals surface area contributed by atoms with E-state index >= 15 is 0 Å². The van der Waals surface area contributed by atoms with Crippen molar-refractivity contribution >= 4 is 11.7 Å². The van der Waals surface area contributed by atoms with Crippen LogP contribution in [0.5, 0.6) is 0 Å². The van der Waals surface area contributed by atoms with Gasteiger partial charge in [0.25, 0.3) is 0 Å². The van der Waals surface area contributed by atoms with Gasteiger partial charge in [-0.15, -0.1) is 0 Å². The summed E-state index contributed by atoms with van der Waals surface area (Å²) < 4.78 is 0. The number of nitrogens with one attached hydrogen (secondary N) is 1. The summed E-state index contributed by atoms with van der Waals surface area (Å²) in [4.78, 5) is 12.2. The smallest absolute Gasteiger partial charge is 0.234 e. The normalized spacial score (nSPS) is 31.9. The molecule has 17 heavy (non-hydrogen) atoms. The quantitative estimate of drug-likeness (QED) is 0.299. The molecule has 0 radical (unpaired) electrons. The number of amidine groups is 1. The number of rotatable bonds is 3. The second-order valence-corrected chi connectivity index (χ2v) is 5.51. The standard InChI is InChI=1S/C12H21N3O2/c1-8-3-4-9(7-8)14-11(16)12(5-2-6-12)10(13)15-17/h8-9,17H,2-7H2,1H3,(H2,13,15)(H,14,16). The molecule has 0 aromatic rings. The average Bonchev–Trinajstić information content (AvgIpc) is 2.62. The van der Waals surface area contributed by atoms with Gasteiger partial charge >= 0.3 is 0 Å². The zero-order valence-corrected chi connectivity index (χ0v) is 10.3. The molecule has 2 fully saturated rings. The van der Waals surface area contributed by atoms with Crippen molar-refractivity contribution in [2.45, 2.75) is 51.5 Å². The molecular weight excluding hydrogens is 218 g/mol. The van der Waals surface area contributed by atoms with Crippen LogP contribution in [0.3, 0.4) is 0 Å². The highest BCUT2D eigenvalue weighted by molar-refractivity contribution is 6.07. The summed E-state index contributed by atoms with van der Waals surface area (Å²) in [7, 11) is 0. The van der Waals surface area contributed by atoms with Gasteiger partial charge in [0.2, 0.25) is 5.91 Å². The second kappa shape index (κ2) is 4.55. The number of hydrogen-bond acceptors (Lipinski definition) is 3. The van der Waals surface area contributed by atoms with Gasteiger partial charge < -0.3 is 16.3 Å². The van der Waals surface area contributed by atoms with Gasteiger partial charge in [-0.25, -0.2) is 0 Å². The molecule has 1 amide bonds. The van der Waals surface area contributed by atoms with Crippen molar-refractivity contribution in [3.63, 3.8) is 0 Å². The number of carbonyl (C=O) groups excluding carboxylic acids is 1. The fourth-order valence-electron chi connectivity index (χ4n) is 2.89. The number of nitrogens with zero attached hydrogens (tertiary/aromatic N) is 1. The second-order valence-electron chi connectivity index (χ2n) is 5.51. The first-order valence-electron chi connectivity index (χ1n) is 6.37. The van der Waals surface area contributed by atoms with E-state index in [1.807, 2.05) is 0 Å². The van der Waals surface area contributed by atoms with Crippen LogP contribution in [0.1, 0.15) is 45.4 Å². The molecule has 4 N–H and O–H groups in total. The Labute approximate surface area is 101 Å².